The van der Waals surface area contributed by atoms with E-state index in [-0.39, 0.29) is 0 Å². The molecule has 1 heterocycles. The molecule has 3 rings (SSSR count). The van der Waals surface area contributed by atoms with Gasteiger partial charge in [0.1, 0.15) is 0 Å². The lowest BCUT2D eigenvalue weighted by atomic mass is 10.0. The van der Waals surface area contributed by atoms with Crippen LogP contribution in [0.3, 0.4) is 0 Å². The molecule has 0 aliphatic heterocycles. The average Bonchev–Trinajstić information content (AvgIpc) is 2.46. The third-order valence-electron chi connectivity index (χ3n) is 3.65. The minimum absolute atomic E-state index is 0.477. The highest BCUT2D eigenvalue weighted by Gasteiger charge is 2.19. The van der Waals surface area contributed by atoms with Crippen molar-refractivity contribution in [2.24, 2.45) is 0 Å². The third kappa shape index (κ3) is 1.90. The largest absolute Gasteiger partial charge is 0.634 e. The van der Waals surface area contributed by atoms with Crippen molar-refractivity contribution >= 4 is 11.1 Å². The Balaban J connectivity index is 2.36. The summed E-state index contributed by atoms with van der Waals surface area (Å²) in [6, 6.07) is 11.2. The molecular weight excluding hydrogens is 252 g/mol. The summed E-state index contributed by atoms with van der Waals surface area (Å²) >= 11 is 0. The Morgan fingerprint density at radius 2 is 1.75 bits per heavy atom. The lowest BCUT2D eigenvalue weighted by Gasteiger charge is -2.05. The summed E-state index contributed by atoms with van der Waals surface area (Å²) in [6.45, 7) is 5.99. The van der Waals surface area contributed by atoms with Crippen molar-refractivity contribution in [3.8, 4) is 5.69 Å². The van der Waals surface area contributed by atoms with Crippen LogP contribution in [-0.4, -0.2) is 5.10 Å². The van der Waals surface area contributed by atoms with Crippen molar-refractivity contribution in [1.29, 1.82) is 0 Å². The number of aryl methyl sites for hydroxylation is 2. The van der Waals surface area contributed by atoms with Gasteiger partial charge in [0.15, 0.2) is 11.1 Å². The summed E-state index contributed by atoms with van der Waals surface area (Å²) in [4.78, 5) is 12.1. The van der Waals surface area contributed by atoms with E-state index in [2.05, 4.69) is 5.10 Å². The predicted octanol–water partition coefficient (Wildman–Crippen LogP) is 2.39. The quantitative estimate of drug-likeness (QED) is 0.636. The number of hydrogen-bond acceptors (Lipinski definition) is 3. The first-order valence-corrected chi connectivity index (χ1v) is 6.47. The SMILES string of the molecule is Cc1cc2n[n+](-c3ccccc3)c(=O)oc2c(C)c1C. The number of benzene rings is 2. The van der Waals surface area contributed by atoms with Gasteiger partial charge in [-0.2, -0.15) is 4.79 Å². The zero-order chi connectivity index (χ0) is 14.3. The molecule has 0 bridgehead atoms. The first kappa shape index (κ1) is 12.5. The molecule has 0 atom stereocenters. The van der Waals surface area contributed by atoms with Gasteiger partial charge in [0, 0.05) is 21.9 Å². The number of aromatic nitrogens is 2. The highest BCUT2D eigenvalue weighted by molar-refractivity contribution is 5.77. The molecule has 0 N–H and O–H groups in total. The standard InChI is InChI=1S/C16H15N2O2/c1-10-9-14-15(12(3)11(10)2)20-16(19)18(17-14)13-7-5-4-6-8-13/h4-9H,1-3H3/q+1. The van der Waals surface area contributed by atoms with Gasteiger partial charge in [0.25, 0.3) is 0 Å². The molecule has 2 aromatic carbocycles. The lowest BCUT2D eigenvalue weighted by molar-refractivity contribution is -0.683. The molecule has 0 amide bonds. The minimum Gasteiger partial charge on any atom is -0.367 e. The minimum atomic E-state index is -0.477. The Morgan fingerprint density at radius 3 is 2.45 bits per heavy atom. The topological polar surface area (TPSA) is 47.0 Å². The van der Waals surface area contributed by atoms with Gasteiger partial charge in [-0.25, -0.2) is 0 Å². The second-order valence-electron chi connectivity index (χ2n) is 4.91. The van der Waals surface area contributed by atoms with Crippen LogP contribution in [0, 0.1) is 20.8 Å². The van der Waals surface area contributed by atoms with E-state index in [1.807, 2.05) is 57.2 Å². The molecule has 0 saturated carbocycles. The van der Waals surface area contributed by atoms with Crippen molar-refractivity contribution < 1.29 is 9.10 Å². The maximum Gasteiger partial charge on any atom is 0.634 e. The van der Waals surface area contributed by atoms with Gasteiger partial charge in [-0.05, 0) is 43.5 Å². The fraction of sp³-hybridized carbons (Fsp3) is 0.188. The molecule has 1 aromatic heterocycles. The van der Waals surface area contributed by atoms with E-state index in [4.69, 9.17) is 4.42 Å². The maximum absolute atomic E-state index is 12.1. The Kier molecular flexibility index (Phi) is 2.86. The Hall–Kier alpha value is -2.49. The van der Waals surface area contributed by atoms with Crippen LogP contribution in [0.2, 0.25) is 0 Å². The Bertz CT molecular complexity index is 852. The van der Waals surface area contributed by atoms with E-state index in [0.717, 1.165) is 16.7 Å². The van der Waals surface area contributed by atoms with Gasteiger partial charge in [0.2, 0.25) is 5.69 Å². The number of hydrogen-bond donors (Lipinski definition) is 0. The molecule has 20 heavy (non-hydrogen) atoms. The fourth-order valence-electron chi connectivity index (χ4n) is 2.25. The molecule has 3 aromatic rings. The zero-order valence-corrected chi connectivity index (χ0v) is 11.7. The van der Waals surface area contributed by atoms with Gasteiger partial charge >= 0.3 is 5.76 Å². The van der Waals surface area contributed by atoms with Crippen LogP contribution < -0.4 is 10.4 Å². The molecular formula is C16H15N2O2+. The van der Waals surface area contributed by atoms with E-state index in [1.165, 1.54) is 4.68 Å². The molecule has 0 unspecified atom stereocenters. The number of para-hydroxylation sites is 1. The van der Waals surface area contributed by atoms with Crippen LogP contribution in [0.1, 0.15) is 16.7 Å². The second-order valence-corrected chi connectivity index (χ2v) is 4.91. The summed E-state index contributed by atoms with van der Waals surface area (Å²) in [7, 11) is 0. The first-order chi connectivity index (χ1) is 9.58. The average molecular weight is 267 g/mol. The van der Waals surface area contributed by atoms with Gasteiger partial charge in [0.05, 0.1) is 0 Å². The van der Waals surface area contributed by atoms with Crippen LogP contribution in [0.4, 0.5) is 0 Å². The molecule has 4 heteroatoms. The highest BCUT2D eigenvalue weighted by Crippen LogP contribution is 2.21. The van der Waals surface area contributed by atoms with E-state index in [1.54, 1.807) is 0 Å². The summed E-state index contributed by atoms with van der Waals surface area (Å²) in [6.07, 6.45) is 0. The Labute approximate surface area is 116 Å². The van der Waals surface area contributed by atoms with Crippen LogP contribution in [0.15, 0.2) is 45.6 Å². The third-order valence-corrected chi connectivity index (χ3v) is 3.65. The van der Waals surface area contributed by atoms with Gasteiger partial charge < -0.3 is 4.42 Å². The van der Waals surface area contributed by atoms with Crippen molar-refractivity contribution in [2.75, 3.05) is 0 Å². The number of nitrogens with zero attached hydrogens (tertiary/aromatic N) is 2. The van der Waals surface area contributed by atoms with Crippen LogP contribution in [-0.2, 0) is 0 Å². The first-order valence-electron chi connectivity index (χ1n) is 6.47. The molecule has 0 aliphatic carbocycles. The molecule has 0 fully saturated rings. The summed E-state index contributed by atoms with van der Waals surface area (Å²) in [5.41, 5.74) is 5.17. The normalized spacial score (nSPS) is 10.9. The zero-order valence-electron chi connectivity index (χ0n) is 11.7. The molecule has 0 radical (unpaired) electrons. The van der Waals surface area contributed by atoms with E-state index < -0.39 is 5.76 Å². The maximum atomic E-state index is 12.1. The van der Waals surface area contributed by atoms with Crippen molar-refractivity contribution in [3.63, 3.8) is 0 Å². The van der Waals surface area contributed by atoms with Gasteiger partial charge in [-0.15, -0.1) is 0 Å². The molecule has 0 aliphatic rings. The van der Waals surface area contributed by atoms with E-state index in [9.17, 15) is 4.79 Å². The van der Waals surface area contributed by atoms with Crippen LogP contribution in [0.25, 0.3) is 16.8 Å². The molecule has 4 nitrogen and oxygen atoms in total. The van der Waals surface area contributed by atoms with Crippen LogP contribution >= 0.6 is 0 Å². The van der Waals surface area contributed by atoms with Crippen molar-refractivity contribution in [2.45, 2.75) is 20.8 Å². The number of fused-ring (bicyclic) bond motifs is 1. The van der Waals surface area contributed by atoms with E-state index >= 15 is 0 Å². The van der Waals surface area contributed by atoms with Crippen molar-refractivity contribution in [3.05, 3.63) is 63.6 Å². The second kappa shape index (κ2) is 4.56. The van der Waals surface area contributed by atoms with E-state index in [0.29, 0.717) is 16.8 Å². The summed E-state index contributed by atoms with van der Waals surface area (Å²) in [5.74, 6) is -0.477. The lowest BCUT2D eigenvalue weighted by Crippen LogP contribution is -2.50. The molecule has 0 spiro atoms. The highest BCUT2D eigenvalue weighted by atomic mass is 16.4. The monoisotopic (exact) mass is 267 g/mol. The molecule has 0 saturated heterocycles. The fourth-order valence-corrected chi connectivity index (χ4v) is 2.25. The summed E-state index contributed by atoms with van der Waals surface area (Å²) in [5, 5.41) is 4.42. The van der Waals surface area contributed by atoms with Gasteiger partial charge in [-0.3, -0.25) is 0 Å². The Morgan fingerprint density at radius 1 is 1.05 bits per heavy atom. The van der Waals surface area contributed by atoms with Crippen molar-refractivity contribution in [1.82, 2.24) is 5.10 Å². The van der Waals surface area contributed by atoms with Crippen LogP contribution in [0.5, 0.6) is 0 Å². The smallest absolute Gasteiger partial charge is 0.367 e. The van der Waals surface area contributed by atoms with Gasteiger partial charge in [-0.1, -0.05) is 18.2 Å². The molecule has 100 valence electrons. The predicted molar refractivity (Wildman–Crippen MR) is 76.0 cm³/mol. The number of rotatable bonds is 1. The summed E-state index contributed by atoms with van der Waals surface area (Å²) < 4.78 is 6.75.